The molecular formula is C14H20Cl2N2O. The number of nitrogens with two attached hydrogens (primary N) is 1. The van der Waals surface area contributed by atoms with E-state index in [-0.39, 0.29) is 0 Å². The topological polar surface area (TPSA) is 38.5 Å². The zero-order valence-corrected chi connectivity index (χ0v) is 12.7. The summed E-state index contributed by atoms with van der Waals surface area (Å²) in [5, 5.41) is 1.06. The van der Waals surface area contributed by atoms with Gasteiger partial charge < -0.3 is 10.5 Å². The number of ether oxygens (including phenoxy) is 1. The van der Waals surface area contributed by atoms with Crippen molar-refractivity contribution in [2.45, 2.75) is 32.4 Å². The van der Waals surface area contributed by atoms with E-state index in [4.69, 9.17) is 33.7 Å². The molecule has 1 atom stereocenters. The molecule has 1 aliphatic rings. The fourth-order valence-electron chi connectivity index (χ4n) is 2.51. The Balaban J connectivity index is 2.00. The molecule has 1 aromatic rings. The minimum Gasteiger partial charge on any atom is -0.396 e. The van der Waals surface area contributed by atoms with Crippen LogP contribution in [-0.4, -0.2) is 30.7 Å². The van der Waals surface area contributed by atoms with E-state index in [0.717, 1.165) is 38.2 Å². The van der Waals surface area contributed by atoms with Crippen LogP contribution in [0.15, 0.2) is 12.1 Å². The van der Waals surface area contributed by atoms with E-state index in [1.165, 1.54) is 6.42 Å². The van der Waals surface area contributed by atoms with Gasteiger partial charge in [-0.2, -0.15) is 0 Å². The normalized spacial score (nSPS) is 20.7. The Morgan fingerprint density at radius 3 is 2.68 bits per heavy atom. The van der Waals surface area contributed by atoms with E-state index in [1.807, 2.05) is 19.1 Å². The molecule has 0 saturated carbocycles. The van der Waals surface area contributed by atoms with Crippen molar-refractivity contribution < 1.29 is 4.74 Å². The van der Waals surface area contributed by atoms with Crippen molar-refractivity contribution in [1.29, 1.82) is 0 Å². The summed E-state index contributed by atoms with van der Waals surface area (Å²) in [5.74, 6) is 0. The van der Waals surface area contributed by atoms with Crippen LogP contribution >= 0.6 is 23.2 Å². The molecule has 0 spiro atoms. The Hall–Kier alpha value is -0.480. The number of hydrogen-bond acceptors (Lipinski definition) is 3. The fourth-order valence-corrected chi connectivity index (χ4v) is 3.05. The third kappa shape index (κ3) is 3.99. The Morgan fingerprint density at radius 2 is 2.05 bits per heavy atom. The van der Waals surface area contributed by atoms with E-state index in [0.29, 0.717) is 21.8 Å². The van der Waals surface area contributed by atoms with E-state index >= 15 is 0 Å². The number of halogens is 2. The lowest BCUT2D eigenvalue weighted by atomic mass is 10.1. The maximum absolute atomic E-state index is 6.06. The van der Waals surface area contributed by atoms with Gasteiger partial charge in [0.15, 0.2) is 0 Å². The van der Waals surface area contributed by atoms with Crippen LogP contribution in [0.25, 0.3) is 0 Å². The molecule has 2 rings (SSSR count). The van der Waals surface area contributed by atoms with E-state index in [2.05, 4.69) is 4.90 Å². The summed E-state index contributed by atoms with van der Waals surface area (Å²) >= 11 is 12.1. The van der Waals surface area contributed by atoms with Crippen molar-refractivity contribution in [2.75, 3.05) is 25.4 Å². The highest BCUT2D eigenvalue weighted by Crippen LogP contribution is 2.29. The van der Waals surface area contributed by atoms with Gasteiger partial charge in [0.2, 0.25) is 0 Å². The van der Waals surface area contributed by atoms with Crippen molar-refractivity contribution in [3.05, 3.63) is 27.7 Å². The van der Waals surface area contributed by atoms with Gasteiger partial charge in [-0.3, -0.25) is 4.90 Å². The zero-order chi connectivity index (χ0) is 13.8. The smallest absolute Gasteiger partial charge is 0.0702 e. The standard InChI is InChI=1S/C14H20Cl2N2O/c1-2-19-11-4-3-5-18(9-11)8-10-6-12(15)14(17)13(16)7-10/h6-7,11H,2-5,8-9,17H2,1H3. The van der Waals surface area contributed by atoms with Gasteiger partial charge in [0, 0.05) is 19.7 Å². The predicted octanol–water partition coefficient (Wildman–Crippen LogP) is 3.58. The minimum atomic E-state index is 0.346. The molecule has 2 N–H and O–H groups in total. The lowest BCUT2D eigenvalue weighted by molar-refractivity contribution is 0.00363. The molecule has 1 fully saturated rings. The number of hydrogen-bond donors (Lipinski definition) is 1. The van der Waals surface area contributed by atoms with Crippen molar-refractivity contribution in [2.24, 2.45) is 0 Å². The summed E-state index contributed by atoms with van der Waals surface area (Å²) in [4.78, 5) is 2.38. The number of piperidine rings is 1. The van der Waals surface area contributed by atoms with E-state index < -0.39 is 0 Å². The number of anilines is 1. The number of rotatable bonds is 4. The monoisotopic (exact) mass is 302 g/mol. The lowest BCUT2D eigenvalue weighted by Crippen LogP contribution is -2.39. The number of nitrogen functional groups attached to an aromatic ring is 1. The molecule has 1 aliphatic heterocycles. The molecular weight excluding hydrogens is 283 g/mol. The van der Waals surface area contributed by atoms with Crippen LogP contribution in [0.5, 0.6) is 0 Å². The molecule has 0 radical (unpaired) electrons. The number of nitrogens with zero attached hydrogens (tertiary/aromatic N) is 1. The average Bonchev–Trinajstić information content (AvgIpc) is 2.37. The Bertz CT molecular complexity index is 414. The van der Waals surface area contributed by atoms with Crippen LogP contribution in [0.4, 0.5) is 5.69 Å². The second kappa shape index (κ2) is 6.80. The van der Waals surface area contributed by atoms with Gasteiger partial charge in [0.05, 0.1) is 21.8 Å². The van der Waals surface area contributed by atoms with E-state index in [9.17, 15) is 0 Å². The van der Waals surface area contributed by atoms with Crippen molar-refractivity contribution in [1.82, 2.24) is 4.90 Å². The Morgan fingerprint density at radius 1 is 1.37 bits per heavy atom. The van der Waals surface area contributed by atoms with Crippen LogP contribution in [0.3, 0.4) is 0 Å². The van der Waals surface area contributed by atoms with Gasteiger partial charge in [-0.1, -0.05) is 23.2 Å². The average molecular weight is 303 g/mol. The summed E-state index contributed by atoms with van der Waals surface area (Å²) in [5.41, 5.74) is 7.30. The lowest BCUT2D eigenvalue weighted by Gasteiger charge is -2.32. The maximum Gasteiger partial charge on any atom is 0.0702 e. The SMILES string of the molecule is CCOC1CCCN(Cc2cc(Cl)c(N)c(Cl)c2)C1. The van der Waals surface area contributed by atoms with Gasteiger partial charge in [0.1, 0.15) is 0 Å². The fraction of sp³-hybridized carbons (Fsp3) is 0.571. The van der Waals surface area contributed by atoms with Crippen LogP contribution < -0.4 is 5.73 Å². The third-order valence-corrected chi connectivity index (χ3v) is 4.04. The first-order chi connectivity index (χ1) is 9.10. The Labute approximate surface area is 124 Å². The predicted molar refractivity (Wildman–Crippen MR) is 80.8 cm³/mol. The third-order valence-electron chi connectivity index (χ3n) is 3.41. The van der Waals surface area contributed by atoms with Crippen molar-refractivity contribution >= 4 is 28.9 Å². The molecule has 0 bridgehead atoms. The van der Waals surface area contributed by atoms with Crippen molar-refractivity contribution in [3.63, 3.8) is 0 Å². The summed E-state index contributed by atoms with van der Waals surface area (Å²) in [6.07, 6.45) is 2.66. The highest BCUT2D eigenvalue weighted by Gasteiger charge is 2.20. The first-order valence-corrected chi connectivity index (χ1v) is 7.43. The molecule has 5 heteroatoms. The van der Waals surface area contributed by atoms with Gasteiger partial charge in [-0.15, -0.1) is 0 Å². The molecule has 1 unspecified atom stereocenters. The summed E-state index contributed by atoms with van der Waals surface area (Å²) in [7, 11) is 0. The molecule has 3 nitrogen and oxygen atoms in total. The number of benzene rings is 1. The number of likely N-dealkylation sites (tertiary alicyclic amines) is 1. The molecule has 0 aliphatic carbocycles. The summed E-state index contributed by atoms with van der Waals surface area (Å²) in [6, 6.07) is 3.79. The first kappa shape index (κ1) is 14.9. The van der Waals surface area contributed by atoms with Crippen LogP contribution in [0, 0.1) is 0 Å². The molecule has 19 heavy (non-hydrogen) atoms. The minimum absolute atomic E-state index is 0.346. The molecule has 0 aromatic heterocycles. The largest absolute Gasteiger partial charge is 0.396 e. The van der Waals surface area contributed by atoms with Crippen LogP contribution in [-0.2, 0) is 11.3 Å². The van der Waals surface area contributed by atoms with Gasteiger partial charge in [0.25, 0.3) is 0 Å². The molecule has 1 aromatic carbocycles. The Kier molecular flexibility index (Phi) is 5.34. The summed E-state index contributed by atoms with van der Waals surface area (Å²) in [6.45, 7) is 5.70. The van der Waals surface area contributed by atoms with Gasteiger partial charge in [-0.25, -0.2) is 0 Å². The molecule has 0 amide bonds. The zero-order valence-electron chi connectivity index (χ0n) is 11.2. The second-order valence-corrected chi connectivity index (χ2v) is 5.74. The van der Waals surface area contributed by atoms with Gasteiger partial charge >= 0.3 is 0 Å². The van der Waals surface area contributed by atoms with Crippen molar-refractivity contribution in [3.8, 4) is 0 Å². The molecule has 1 heterocycles. The first-order valence-electron chi connectivity index (χ1n) is 6.67. The maximum atomic E-state index is 6.06. The highest BCUT2D eigenvalue weighted by atomic mass is 35.5. The van der Waals surface area contributed by atoms with Crippen LogP contribution in [0.2, 0.25) is 10.0 Å². The highest BCUT2D eigenvalue weighted by molar-refractivity contribution is 6.38. The summed E-state index contributed by atoms with van der Waals surface area (Å²) < 4.78 is 5.70. The van der Waals surface area contributed by atoms with Gasteiger partial charge in [-0.05, 0) is 44.0 Å². The van der Waals surface area contributed by atoms with E-state index in [1.54, 1.807) is 0 Å². The molecule has 106 valence electrons. The second-order valence-electron chi connectivity index (χ2n) is 4.93. The molecule has 1 saturated heterocycles. The van der Waals surface area contributed by atoms with Crippen LogP contribution in [0.1, 0.15) is 25.3 Å². The quantitative estimate of drug-likeness (QED) is 0.864.